The molecule has 0 spiro atoms. The lowest BCUT2D eigenvalue weighted by molar-refractivity contribution is -0.126. The Morgan fingerprint density at radius 1 is 1.17 bits per heavy atom. The van der Waals surface area contributed by atoms with Gasteiger partial charge in [-0.15, -0.1) is 0 Å². The van der Waals surface area contributed by atoms with E-state index < -0.39 is 0 Å². The smallest absolute Gasteiger partial charge is 0.408 e. The fourth-order valence-corrected chi connectivity index (χ4v) is 7.62. The molecule has 4 heteroatoms. The molecule has 0 radical (unpaired) electrons. The molecule has 3 saturated carbocycles. The highest BCUT2D eigenvalue weighted by Crippen LogP contribution is 2.68. The van der Waals surface area contributed by atoms with Crippen molar-refractivity contribution in [3.05, 3.63) is 23.8 Å². The molecule has 0 aliphatic heterocycles. The first-order valence-corrected chi connectivity index (χ1v) is 11.9. The number of nitrogens with one attached hydrogen (secondary N) is 1. The number of carbonyl (C=O) groups is 2. The van der Waals surface area contributed by atoms with E-state index in [2.05, 4.69) is 32.2 Å². The van der Waals surface area contributed by atoms with Gasteiger partial charge in [0.15, 0.2) is 5.78 Å². The number of alkyl carbamates (subject to hydrolysis) is 1. The van der Waals surface area contributed by atoms with Gasteiger partial charge >= 0.3 is 6.09 Å². The first-order valence-electron chi connectivity index (χ1n) is 11.9. The van der Waals surface area contributed by atoms with E-state index in [9.17, 15) is 9.59 Å². The van der Waals surface area contributed by atoms with Crippen molar-refractivity contribution in [2.45, 2.75) is 97.6 Å². The van der Waals surface area contributed by atoms with Crippen LogP contribution in [0.4, 0.5) is 4.79 Å². The summed E-state index contributed by atoms with van der Waals surface area (Å²) in [6, 6.07) is 0. The number of fused-ring (bicyclic) bond motifs is 5. The van der Waals surface area contributed by atoms with E-state index in [0.29, 0.717) is 17.8 Å². The molecule has 1 amide bonds. The van der Waals surface area contributed by atoms with E-state index in [1.807, 2.05) is 26.8 Å². The van der Waals surface area contributed by atoms with Crippen molar-refractivity contribution in [1.82, 2.24) is 5.32 Å². The maximum absolute atomic E-state index is 12.8. The number of allylic oxidation sites excluding steroid dienone is 4. The highest BCUT2D eigenvalue weighted by Gasteiger charge is 2.65. The fourth-order valence-electron chi connectivity index (χ4n) is 7.62. The van der Waals surface area contributed by atoms with Gasteiger partial charge in [0.25, 0.3) is 0 Å². The first-order chi connectivity index (χ1) is 13.9. The van der Waals surface area contributed by atoms with E-state index in [1.165, 1.54) is 5.57 Å². The minimum absolute atomic E-state index is 0.0140. The number of rotatable bonds is 2. The maximum atomic E-state index is 12.8. The monoisotopic (exact) mass is 413 g/mol. The second-order valence-electron chi connectivity index (χ2n) is 11.7. The summed E-state index contributed by atoms with van der Waals surface area (Å²) in [6.07, 6.45) is 12.9. The lowest BCUT2D eigenvalue weighted by Crippen LogP contribution is -2.56. The predicted octanol–water partition coefficient (Wildman–Crippen LogP) is 5.97. The Morgan fingerprint density at radius 2 is 1.87 bits per heavy atom. The zero-order valence-electron chi connectivity index (χ0n) is 19.6. The largest absolute Gasteiger partial charge is 0.442 e. The minimum Gasteiger partial charge on any atom is -0.442 e. The highest BCUT2D eigenvalue weighted by molar-refractivity contribution is 6.01. The Bertz CT molecular complexity index is 806. The Hall–Kier alpha value is -1.58. The lowest BCUT2D eigenvalue weighted by atomic mass is 9.47. The third-order valence-corrected chi connectivity index (χ3v) is 9.18. The quantitative estimate of drug-likeness (QED) is 0.607. The second kappa shape index (κ2) is 6.97. The molecule has 0 aromatic heterocycles. The van der Waals surface area contributed by atoms with Crippen LogP contribution in [0.15, 0.2) is 23.8 Å². The van der Waals surface area contributed by atoms with Crippen molar-refractivity contribution in [3.8, 4) is 0 Å². The fraction of sp³-hybridized carbons (Fsp3) is 0.769. The van der Waals surface area contributed by atoms with Gasteiger partial charge in [0.2, 0.25) is 0 Å². The highest BCUT2D eigenvalue weighted by atomic mass is 16.6. The molecule has 3 fully saturated rings. The molecule has 0 saturated heterocycles. The van der Waals surface area contributed by atoms with Crippen molar-refractivity contribution in [2.24, 2.45) is 28.6 Å². The molecule has 30 heavy (non-hydrogen) atoms. The van der Waals surface area contributed by atoms with Gasteiger partial charge in [0.05, 0.1) is 0 Å². The van der Waals surface area contributed by atoms with Crippen molar-refractivity contribution in [2.75, 3.05) is 0 Å². The lowest BCUT2D eigenvalue weighted by Gasteiger charge is -2.58. The van der Waals surface area contributed by atoms with Gasteiger partial charge in [-0.1, -0.05) is 32.4 Å². The molecule has 1 N–H and O–H groups in total. The average Bonchev–Trinajstić information content (AvgIpc) is 2.93. The molecule has 4 rings (SSSR count). The van der Waals surface area contributed by atoms with E-state index in [0.717, 1.165) is 44.9 Å². The summed E-state index contributed by atoms with van der Waals surface area (Å²) in [4.78, 5) is 24.7. The van der Waals surface area contributed by atoms with Gasteiger partial charge < -0.3 is 10.1 Å². The minimum atomic E-state index is -0.382. The van der Waals surface area contributed by atoms with Gasteiger partial charge in [0, 0.05) is 16.4 Å². The first kappa shape index (κ1) is 21.6. The molecule has 4 aliphatic rings. The number of carbonyl (C=O) groups excluding carboxylic acids is 2. The second-order valence-corrected chi connectivity index (χ2v) is 11.7. The standard InChI is InChI=1S/C26H39NO3/c1-7-26(30-22(29)27-23(2,3)4)15-12-21-19-9-8-17-16-18(28)10-13-24(17,5)20(19)11-14-25(21,26)6/h10,13,16,19-21H,7-9,11-12,14-15H2,1-6H3,(H,27,29)/t19-,20+,21+,24+,25+,26-/m1/s1. The zero-order chi connectivity index (χ0) is 21.9. The normalized spacial score (nSPS) is 42.7. The zero-order valence-corrected chi connectivity index (χ0v) is 19.6. The van der Waals surface area contributed by atoms with Gasteiger partial charge in [-0.2, -0.15) is 0 Å². The van der Waals surface area contributed by atoms with Crippen molar-refractivity contribution in [3.63, 3.8) is 0 Å². The Kier molecular flexibility index (Phi) is 5.03. The van der Waals surface area contributed by atoms with Crippen molar-refractivity contribution < 1.29 is 14.3 Å². The summed E-state index contributed by atoms with van der Waals surface area (Å²) >= 11 is 0. The summed E-state index contributed by atoms with van der Waals surface area (Å²) in [7, 11) is 0. The van der Waals surface area contributed by atoms with Crippen LogP contribution in [0, 0.1) is 28.6 Å². The van der Waals surface area contributed by atoms with Crippen LogP contribution in [-0.4, -0.2) is 23.0 Å². The molecule has 0 bridgehead atoms. The molecule has 4 aliphatic carbocycles. The summed E-state index contributed by atoms with van der Waals surface area (Å²) in [6.45, 7) is 12.9. The molecule has 0 aromatic rings. The van der Waals surface area contributed by atoms with E-state index in [-0.39, 0.29) is 33.8 Å². The molecule has 0 heterocycles. The van der Waals surface area contributed by atoms with Gasteiger partial charge in [-0.25, -0.2) is 4.79 Å². The van der Waals surface area contributed by atoms with Crippen LogP contribution < -0.4 is 5.32 Å². The van der Waals surface area contributed by atoms with Gasteiger partial charge in [-0.05, 0) is 95.6 Å². The number of hydrogen-bond donors (Lipinski definition) is 1. The van der Waals surface area contributed by atoms with Gasteiger partial charge in [0.1, 0.15) is 5.60 Å². The van der Waals surface area contributed by atoms with E-state index in [1.54, 1.807) is 6.08 Å². The summed E-state index contributed by atoms with van der Waals surface area (Å²) < 4.78 is 6.30. The predicted molar refractivity (Wildman–Crippen MR) is 119 cm³/mol. The topological polar surface area (TPSA) is 55.4 Å². The van der Waals surface area contributed by atoms with Crippen LogP contribution in [0.1, 0.15) is 86.5 Å². The third kappa shape index (κ3) is 3.17. The average molecular weight is 414 g/mol. The van der Waals surface area contributed by atoms with Gasteiger partial charge in [-0.3, -0.25) is 4.79 Å². The summed E-state index contributed by atoms with van der Waals surface area (Å²) in [5.74, 6) is 1.93. The number of ketones is 1. The van der Waals surface area contributed by atoms with E-state index in [4.69, 9.17) is 4.74 Å². The third-order valence-electron chi connectivity index (χ3n) is 9.18. The van der Waals surface area contributed by atoms with Crippen molar-refractivity contribution >= 4 is 11.9 Å². The van der Waals surface area contributed by atoms with Crippen LogP contribution in [0.3, 0.4) is 0 Å². The van der Waals surface area contributed by atoms with E-state index >= 15 is 0 Å². The molecular weight excluding hydrogens is 374 g/mol. The molecule has 4 nitrogen and oxygen atoms in total. The Balaban J connectivity index is 1.61. The Morgan fingerprint density at radius 3 is 2.53 bits per heavy atom. The van der Waals surface area contributed by atoms with Crippen LogP contribution >= 0.6 is 0 Å². The number of amides is 1. The molecular formula is C26H39NO3. The summed E-state index contributed by atoms with van der Waals surface area (Å²) in [5.41, 5.74) is 0.686. The molecule has 0 unspecified atom stereocenters. The molecule has 0 aromatic carbocycles. The van der Waals surface area contributed by atoms with Crippen LogP contribution in [0.5, 0.6) is 0 Å². The maximum Gasteiger partial charge on any atom is 0.408 e. The SMILES string of the molecule is CC[C@@]1(OC(=O)NC(C)(C)C)CC[C@H]2[C@@H]3CCC4=CC(=O)C=C[C@]4(C)[C@H]3CC[C@@]21C. The number of ether oxygens (including phenoxy) is 1. The van der Waals surface area contributed by atoms with Crippen LogP contribution in [0.25, 0.3) is 0 Å². The Labute approximate surface area is 181 Å². The van der Waals surface area contributed by atoms with Crippen LogP contribution in [0.2, 0.25) is 0 Å². The summed E-state index contributed by atoms with van der Waals surface area (Å²) in [5, 5.41) is 3.01. The van der Waals surface area contributed by atoms with Crippen LogP contribution in [-0.2, 0) is 9.53 Å². The molecule has 166 valence electrons. The number of hydrogen-bond acceptors (Lipinski definition) is 3. The van der Waals surface area contributed by atoms with Crippen molar-refractivity contribution in [1.29, 1.82) is 0 Å². The molecule has 6 atom stereocenters.